The first kappa shape index (κ1) is 10.2. The first-order valence-corrected chi connectivity index (χ1v) is 5.91. The number of likely N-dealkylation sites (tertiary alicyclic amines) is 1. The fourth-order valence-corrected chi connectivity index (χ4v) is 2.51. The molecule has 2 rings (SSSR count). The lowest BCUT2D eigenvalue weighted by molar-refractivity contribution is 0.228. The zero-order valence-electron chi connectivity index (χ0n) is 9.21. The van der Waals surface area contributed by atoms with Gasteiger partial charge in [0.25, 0.3) is 0 Å². The van der Waals surface area contributed by atoms with Crippen LogP contribution in [0.25, 0.3) is 0 Å². The van der Waals surface area contributed by atoms with E-state index in [2.05, 4.69) is 17.9 Å². The van der Waals surface area contributed by atoms with Gasteiger partial charge in [-0.2, -0.15) is 0 Å². The molecule has 0 aromatic carbocycles. The van der Waals surface area contributed by atoms with Gasteiger partial charge in [0, 0.05) is 12.6 Å². The van der Waals surface area contributed by atoms with E-state index in [0.29, 0.717) is 6.04 Å². The second kappa shape index (κ2) is 4.45. The molecule has 2 N–H and O–H groups in total. The van der Waals surface area contributed by atoms with Crippen molar-refractivity contribution < 1.29 is 0 Å². The molecule has 0 aromatic rings. The van der Waals surface area contributed by atoms with Crippen LogP contribution in [0.15, 0.2) is 11.6 Å². The maximum atomic E-state index is 5.89. The number of piperidine rings is 1. The molecule has 1 atom stereocenters. The van der Waals surface area contributed by atoms with E-state index in [1.165, 1.54) is 45.3 Å². The first-order chi connectivity index (χ1) is 6.74. The SMILES string of the molecule is CC1C=C(CN2CCC(N)CC2)CC1. The van der Waals surface area contributed by atoms with Crippen LogP contribution in [-0.2, 0) is 0 Å². The van der Waals surface area contributed by atoms with Gasteiger partial charge >= 0.3 is 0 Å². The molecule has 1 saturated heterocycles. The first-order valence-electron chi connectivity index (χ1n) is 5.91. The highest BCUT2D eigenvalue weighted by molar-refractivity contribution is 5.12. The smallest absolute Gasteiger partial charge is 0.0192 e. The summed E-state index contributed by atoms with van der Waals surface area (Å²) >= 11 is 0. The van der Waals surface area contributed by atoms with Gasteiger partial charge in [-0.05, 0) is 44.7 Å². The van der Waals surface area contributed by atoms with Crippen molar-refractivity contribution in [2.45, 2.75) is 38.6 Å². The standard InChI is InChI=1S/C12H22N2/c1-10-2-3-11(8-10)9-14-6-4-12(13)5-7-14/h8,10,12H,2-7,9,13H2,1H3. The minimum atomic E-state index is 0.461. The zero-order valence-corrected chi connectivity index (χ0v) is 9.21. The maximum absolute atomic E-state index is 5.89. The summed E-state index contributed by atoms with van der Waals surface area (Å²) < 4.78 is 0. The Hall–Kier alpha value is -0.340. The third kappa shape index (κ3) is 2.58. The summed E-state index contributed by atoms with van der Waals surface area (Å²) in [5.74, 6) is 0.817. The van der Waals surface area contributed by atoms with Gasteiger partial charge in [-0.1, -0.05) is 18.6 Å². The van der Waals surface area contributed by atoms with Gasteiger partial charge in [0.2, 0.25) is 0 Å². The van der Waals surface area contributed by atoms with Crippen LogP contribution in [0.3, 0.4) is 0 Å². The minimum absolute atomic E-state index is 0.461. The van der Waals surface area contributed by atoms with Gasteiger partial charge in [-0.15, -0.1) is 0 Å². The Kier molecular flexibility index (Phi) is 3.24. The van der Waals surface area contributed by atoms with Crippen molar-refractivity contribution in [1.82, 2.24) is 4.90 Å². The molecule has 0 spiro atoms. The summed E-state index contributed by atoms with van der Waals surface area (Å²) in [5.41, 5.74) is 7.55. The molecule has 1 heterocycles. The topological polar surface area (TPSA) is 29.3 Å². The average Bonchev–Trinajstić information content (AvgIpc) is 2.56. The predicted octanol–water partition coefficient (Wildman–Crippen LogP) is 1.77. The molecular formula is C12H22N2. The molecule has 14 heavy (non-hydrogen) atoms. The van der Waals surface area contributed by atoms with Crippen LogP contribution in [0.5, 0.6) is 0 Å². The molecule has 2 nitrogen and oxygen atoms in total. The van der Waals surface area contributed by atoms with Crippen molar-refractivity contribution in [3.8, 4) is 0 Å². The van der Waals surface area contributed by atoms with Gasteiger partial charge in [0.05, 0.1) is 0 Å². The van der Waals surface area contributed by atoms with Gasteiger partial charge in [0.15, 0.2) is 0 Å². The van der Waals surface area contributed by atoms with E-state index in [9.17, 15) is 0 Å². The molecule has 80 valence electrons. The molecule has 0 aromatic heterocycles. The minimum Gasteiger partial charge on any atom is -0.328 e. The molecule has 1 fully saturated rings. The summed E-state index contributed by atoms with van der Waals surface area (Å²) in [6, 6.07) is 0.461. The molecule has 0 radical (unpaired) electrons. The Morgan fingerprint density at radius 1 is 1.36 bits per heavy atom. The number of nitrogens with zero attached hydrogens (tertiary/aromatic N) is 1. The van der Waals surface area contributed by atoms with E-state index in [1.807, 2.05) is 0 Å². The fraction of sp³-hybridized carbons (Fsp3) is 0.833. The molecule has 2 aliphatic rings. The Labute approximate surface area is 87.2 Å². The van der Waals surface area contributed by atoms with Crippen molar-refractivity contribution in [3.05, 3.63) is 11.6 Å². The quantitative estimate of drug-likeness (QED) is 0.679. The monoisotopic (exact) mass is 194 g/mol. The lowest BCUT2D eigenvalue weighted by Crippen LogP contribution is -2.40. The average molecular weight is 194 g/mol. The van der Waals surface area contributed by atoms with Crippen molar-refractivity contribution in [3.63, 3.8) is 0 Å². The second-order valence-corrected chi connectivity index (χ2v) is 4.95. The van der Waals surface area contributed by atoms with Crippen LogP contribution in [0, 0.1) is 5.92 Å². The summed E-state index contributed by atoms with van der Waals surface area (Å²) in [7, 11) is 0. The molecule has 1 unspecified atom stereocenters. The van der Waals surface area contributed by atoms with Crippen molar-refractivity contribution >= 4 is 0 Å². The van der Waals surface area contributed by atoms with E-state index < -0.39 is 0 Å². The normalized spacial score (nSPS) is 30.7. The van der Waals surface area contributed by atoms with Crippen LogP contribution in [-0.4, -0.2) is 30.6 Å². The van der Waals surface area contributed by atoms with Gasteiger partial charge < -0.3 is 5.73 Å². The van der Waals surface area contributed by atoms with Crippen LogP contribution in [0.4, 0.5) is 0 Å². The summed E-state index contributed by atoms with van der Waals surface area (Å²) in [6.07, 6.45) is 7.52. The summed E-state index contributed by atoms with van der Waals surface area (Å²) in [5, 5.41) is 0. The molecular weight excluding hydrogens is 172 g/mol. The van der Waals surface area contributed by atoms with E-state index in [1.54, 1.807) is 5.57 Å². The van der Waals surface area contributed by atoms with E-state index in [4.69, 9.17) is 5.73 Å². The van der Waals surface area contributed by atoms with Crippen molar-refractivity contribution in [2.24, 2.45) is 11.7 Å². The Balaban J connectivity index is 1.78. The zero-order chi connectivity index (χ0) is 9.97. The van der Waals surface area contributed by atoms with Crippen LogP contribution >= 0.6 is 0 Å². The highest BCUT2D eigenvalue weighted by atomic mass is 15.1. The lowest BCUT2D eigenvalue weighted by Gasteiger charge is -2.30. The summed E-state index contributed by atoms with van der Waals surface area (Å²) in [6.45, 7) is 5.93. The maximum Gasteiger partial charge on any atom is 0.0192 e. The highest BCUT2D eigenvalue weighted by Crippen LogP contribution is 2.24. The number of allylic oxidation sites excluding steroid dienone is 1. The van der Waals surface area contributed by atoms with Crippen molar-refractivity contribution in [2.75, 3.05) is 19.6 Å². The number of hydrogen-bond acceptors (Lipinski definition) is 2. The fourth-order valence-electron chi connectivity index (χ4n) is 2.51. The molecule has 0 amide bonds. The van der Waals surface area contributed by atoms with Crippen LogP contribution in [0.1, 0.15) is 32.6 Å². The molecule has 0 bridgehead atoms. The Bertz CT molecular complexity index is 214. The highest BCUT2D eigenvalue weighted by Gasteiger charge is 2.18. The van der Waals surface area contributed by atoms with Crippen LogP contribution in [0.2, 0.25) is 0 Å². The lowest BCUT2D eigenvalue weighted by atomic mass is 10.1. The summed E-state index contributed by atoms with van der Waals surface area (Å²) in [4.78, 5) is 2.56. The van der Waals surface area contributed by atoms with Gasteiger partial charge in [0.1, 0.15) is 0 Å². The van der Waals surface area contributed by atoms with Crippen molar-refractivity contribution in [1.29, 1.82) is 0 Å². The molecule has 0 saturated carbocycles. The van der Waals surface area contributed by atoms with E-state index >= 15 is 0 Å². The van der Waals surface area contributed by atoms with E-state index in [-0.39, 0.29) is 0 Å². The van der Waals surface area contributed by atoms with Gasteiger partial charge in [-0.25, -0.2) is 0 Å². The molecule has 1 aliphatic carbocycles. The van der Waals surface area contributed by atoms with E-state index in [0.717, 1.165) is 5.92 Å². The largest absolute Gasteiger partial charge is 0.328 e. The number of nitrogens with two attached hydrogens (primary N) is 1. The third-order valence-corrected chi connectivity index (χ3v) is 3.50. The molecule has 1 aliphatic heterocycles. The Morgan fingerprint density at radius 2 is 2.07 bits per heavy atom. The second-order valence-electron chi connectivity index (χ2n) is 4.95. The Morgan fingerprint density at radius 3 is 2.64 bits per heavy atom. The van der Waals surface area contributed by atoms with Crippen LogP contribution < -0.4 is 5.73 Å². The number of hydrogen-bond donors (Lipinski definition) is 1. The number of rotatable bonds is 2. The molecule has 2 heteroatoms. The third-order valence-electron chi connectivity index (χ3n) is 3.50. The predicted molar refractivity (Wildman–Crippen MR) is 60.1 cm³/mol. The van der Waals surface area contributed by atoms with Gasteiger partial charge in [-0.3, -0.25) is 4.90 Å².